The summed E-state index contributed by atoms with van der Waals surface area (Å²) in [5.41, 5.74) is -0.770. The first-order chi connectivity index (χ1) is 10.4. The lowest BCUT2D eigenvalue weighted by atomic mass is 9.38. The molecule has 0 radical (unpaired) electrons. The molecule has 0 amide bonds. The minimum absolute atomic E-state index is 0.0117. The molecule has 0 aromatic rings. The Bertz CT molecular complexity index is 524. The number of ether oxygens (including phenoxy) is 1. The van der Waals surface area contributed by atoms with E-state index >= 15 is 0 Å². The lowest BCUT2D eigenvalue weighted by Crippen LogP contribution is -2.65. The average Bonchev–Trinajstić information content (AvgIpc) is 2.34. The highest BCUT2D eigenvalue weighted by molar-refractivity contribution is 5.87. The number of carbonyl (C=O) groups excluding carboxylic acids is 1. The van der Waals surface area contributed by atoms with Gasteiger partial charge in [-0.05, 0) is 90.4 Å². The van der Waals surface area contributed by atoms with Crippen molar-refractivity contribution in [3.63, 3.8) is 0 Å². The number of rotatable bonds is 4. The molecule has 1 N–H and O–H groups in total. The fraction of sp³-hybridized carbons (Fsp3) is 0.850. The lowest BCUT2D eigenvalue weighted by Gasteiger charge is -2.68. The fourth-order valence-electron chi connectivity index (χ4n) is 6.11. The maximum Gasteiger partial charge on any atom is 0.333 e. The Hall–Kier alpha value is -0.830. The molecule has 0 heterocycles. The summed E-state index contributed by atoms with van der Waals surface area (Å²) in [7, 11) is 0. The van der Waals surface area contributed by atoms with E-state index in [-0.39, 0.29) is 16.8 Å². The van der Waals surface area contributed by atoms with Crippen LogP contribution in [0.15, 0.2) is 12.2 Å². The molecule has 4 bridgehead atoms. The zero-order chi connectivity index (χ0) is 17.3. The van der Waals surface area contributed by atoms with E-state index in [1.807, 2.05) is 13.8 Å². The summed E-state index contributed by atoms with van der Waals surface area (Å²) in [6.45, 7) is 13.5. The summed E-state index contributed by atoms with van der Waals surface area (Å²) in [6.07, 6.45) is 6.74. The third-order valence-electron chi connectivity index (χ3n) is 7.33. The van der Waals surface area contributed by atoms with Gasteiger partial charge < -0.3 is 9.84 Å². The van der Waals surface area contributed by atoms with E-state index in [9.17, 15) is 9.90 Å². The molecule has 3 heteroatoms. The number of hydrogen-bond acceptors (Lipinski definition) is 3. The second-order valence-electron chi connectivity index (χ2n) is 9.76. The van der Waals surface area contributed by atoms with Crippen molar-refractivity contribution in [3.8, 4) is 0 Å². The monoisotopic (exact) mass is 320 g/mol. The Labute approximate surface area is 140 Å². The van der Waals surface area contributed by atoms with Gasteiger partial charge in [0.2, 0.25) is 0 Å². The predicted octanol–water partition coefficient (Wildman–Crippen LogP) is 4.24. The summed E-state index contributed by atoms with van der Waals surface area (Å²) in [6, 6.07) is 0. The lowest BCUT2D eigenvalue weighted by molar-refractivity contribution is -0.243. The third kappa shape index (κ3) is 2.47. The first-order valence-corrected chi connectivity index (χ1v) is 9.01. The highest BCUT2D eigenvalue weighted by Crippen LogP contribution is 2.71. The Morgan fingerprint density at radius 3 is 2.00 bits per heavy atom. The molecule has 4 fully saturated rings. The molecular formula is C20H32O3. The van der Waals surface area contributed by atoms with Crippen molar-refractivity contribution in [1.82, 2.24) is 0 Å². The van der Waals surface area contributed by atoms with Gasteiger partial charge in [0.1, 0.15) is 5.60 Å². The number of carbonyl (C=O) groups is 1. The van der Waals surface area contributed by atoms with Crippen LogP contribution in [0.25, 0.3) is 0 Å². The van der Waals surface area contributed by atoms with Gasteiger partial charge >= 0.3 is 5.97 Å². The Kier molecular flexibility index (Phi) is 3.58. The molecule has 0 aliphatic heterocycles. The number of hydrogen-bond donors (Lipinski definition) is 1. The molecule has 0 spiro atoms. The SMILES string of the molecule is C=C(C)C(=O)OC(C)(C)C12CC3CC(CC(C(C)(C)O)(C3)C1)C2. The highest BCUT2D eigenvalue weighted by atomic mass is 16.6. The van der Waals surface area contributed by atoms with Crippen LogP contribution in [0.1, 0.15) is 73.1 Å². The van der Waals surface area contributed by atoms with Crippen LogP contribution in [-0.2, 0) is 9.53 Å². The van der Waals surface area contributed by atoms with Crippen LogP contribution in [0.2, 0.25) is 0 Å². The van der Waals surface area contributed by atoms with E-state index in [1.54, 1.807) is 6.92 Å². The van der Waals surface area contributed by atoms with Gasteiger partial charge in [0, 0.05) is 11.0 Å². The van der Waals surface area contributed by atoms with Gasteiger partial charge in [-0.25, -0.2) is 4.79 Å². The molecule has 4 aliphatic carbocycles. The molecule has 23 heavy (non-hydrogen) atoms. The van der Waals surface area contributed by atoms with Gasteiger partial charge in [-0.1, -0.05) is 6.58 Å². The van der Waals surface area contributed by atoms with Gasteiger partial charge in [-0.15, -0.1) is 0 Å². The molecule has 0 aromatic carbocycles. The van der Waals surface area contributed by atoms with Crippen LogP contribution < -0.4 is 0 Å². The standard InChI is InChI=1S/C20H32O3/c1-13(2)16(21)23-18(5,6)20-10-14-7-15(11-20)9-19(8-14,12-20)17(3,4)22/h14-15,22H,1,7-12H2,2-6H3. The van der Waals surface area contributed by atoms with Crippen LogP contribution in [0.4, 0.5) is 0 Å². The second-order valence-corrected chi connectivity index (χ2v) is 9.76. The first kappa shape index (κ1) is 17.0. The quantitative estimate of drug-likeness (QED) is 0.622. The van der Waals surface area contributed by atoms with E-state index in [2.05, 4.69) is 20.4 Å². The zero-order valence-electron chi connectivity index (χ0n) is 15.4. The van der Waals surface area contributed by atoms with Gasteiger partial charge in [0.05, 0.1) is 5.60 Å². The van der Waals surface area contributed by atoms with Crippen molar-refractivity contribution in [1.29, 1.82) is 0 Å². The minimum Gasteiger partial charge on any atom is -0.456 e. The van der Waals surface area contributed by atoms with Crippen LogP contribution in [-0.4, -0.2) is 22.3 Å². The van der Waals surface area contributed by atoms with Crippen LogP contribution in [0.5, 0.6) is 0 Å². The molecular weight excluding hydrogens is 288 g/mol. The van der Waals surface area contributed by atoms with Crippen molar-refractivity contribution in [2.45, 2.75) is 84.3 Å². The van der Waals surface area contributed by atoms with Crippen molar-refractivity contribution in [2.24, 2.45) is 22.7 Å². The molecule has 3 nitrogen and oxygen atoms in total. The largest absolute Gasteiger partial charge is 0.456 e. The van der Waals surface area contributed by atoms with Gasteiger partial charge in [0.25, 0.3) is 0 Å². The van der Waals surface area contributed by atoms with Gasteiger partial charge in [-0.3, -0.25) is 0 Å². The summed E-state index contributed by atoms with van der Waals surface area (Å²) < 4.78 is 5.92. The smallest absolute Gasteiger partial charge is 0.333 e. The van der Waals surface area contributed by atoms with E-state index in [0.717, 1.165) is 32.1 Å². The van der Waals surface area contributed by atoms with Crippen molar-refractivity contribution in [2.75, 3.05) is 0 Å². The summed E-state index contributed by atoms with van der Waals surface area (Å²) >= 11 is 0. The minimum atomic E-state index is -0.676. The van der Waals surface area contributed by atoms with Crippen LogP contribution >= 0.6 is 0 Å². The third-order valence-corrected chi connectivity index (χ3v) is 7.33. The topological polar surface area (TPSA) is 46.5 Å². The molecule has 0 saturated heterocycles. The summed E-state index contributed by atoms with van der Waals surface area (Å²) in [5, 5.41) is 10.9. The van der Waals surface area contributed by atoms with E-state index < -0.39 is 11.2 Å². The Morgan fingerprint density at radius 2 is 1.57 bits per heavy atom. The van der Waals surface area contributed by atoms with Crippen LogP contribution in [0.3, 0.4) is 0 Å². The van der Waals surface area contributed by atoms with Crippen molar-refractivity contribution < 1.29 is 14.6 Å². The van der Waals surface area contributed by atoms with Crippen molar-refractivity contribution in [3.05, 3.63) is 12.2 Å². The molecule has 130 valence electrons. The average molecular weight is 320 g/mol. The fourth-order valence-corrected chi connectivity index (χ4v) is 6.11. The Morgan fingerprint density at radius 1 is 1.09 bits per heavy atom. The van der Waals surface area contributed by atoms with Gasteiger partial charge in [0.15, 0.2) is 0 Å². The maximum absolute atomic E-state index is 12.2. The van der Waals surface area contributed by atoms with E-state index in [4.69, 9.17) is 4.74 Å². The van der Waals surface area contributed by atoms with Gasteiger partial charge in [-0.2, -0.15) is 0 Å². The zero-order valence-corrected chi connectivity index (χ0v) is 15.4. The van der Waals surface area contributed by atoms with Crippen molar-refractivity contribution >= 4 is 5.97 Å². The maximum atomic E-state index is 12.2. The summed E-state index contributed by atoms with van der Waals surface area (Å²) in [5.74, 6) is 1.03. The normalized spacial score (nSPS) is 39.4. The van der Waals surface area contributed by atoms with E-state index in [0.29, 0.717) is 17.4 Å². The molecule has 4 saturated carbocycles. The molecule has 2 atom stereocenters. The number of aliphatic hydroxyl groups is 1. The molecule has 4 aliphatic rings. The predicted molar refractivity (Wildman–Crippen MR) is 90.8 cm³/mol. The second kappa shape index (κ2) is 4.84. The molecule has 0 aromatic heterocycles. The molecule has 2 unspecified atom stereocenters. The Balaban J connectivity index is 1.95. The molecule has 4 rings (SSSR count). The van der Waals surface area contributed by atoms with Crippen LogP contribution in [0, 0.1) is 22.7 Å². The highest BCUT2D eigenvalue weighted by Gasteiger charge is 2.66. The first-order valence-electron chi connectivity index (χ1n) is 9.01. The number of esters is 1. The van der Waals surface area contributed by atoms with E-state index in [1.165, 1.54) is 6.42 Å². The summed E-state index contributed by atoms with van der Waals surface area (Å²) in [4.78, 5) is 12.2.